The molecule has 1 saturated carbocycles. The van der Waals surface area contributed by atoms with E-state index in [1.807, 2.05) is 13.0 Å². The molecule has 5 nitrogen and oxygen atoms in total. The average Bonchev–Trinajstić information content (AvgIpc) is 3.53. The van der Waals surface area contributed by atoms with Gasteiger partial charge >= 0.3 is 0 Å². The molecule has 1 saturated heterocycles. The van der Waals surface area contributed by atoms with Gasteiger partial charge in [-0.15, -0.1) is 0 Å². The van der Waals surface area contributed by atoms with Gasteiger partial charge in [-0.1, -0.05) is 65.3 Å². The summed E-state index contributed by atoms with van der Waals surface area (Å²) in [4.78, 5) is 0.468. The zero-order chi connectivity index (χ0) is 20.5. The van der Waals surface area contributed by atoms with E-state index in [2.05, 4.69) is 3.77 Å². The monoisotopic (exact) mass is 433 g/mol. The molecule has 4 rings (SSSR count). The van der Waals surface area contributed by atoms with Gasteiger partial charge < -0.3 is 4.74 Å². The van der Waals surface area contributed by atoms with Crippen LogP contribution in [0.3, 0.4) is 0 Å². The number of hydrogen-bond acceptors (Lipinski definition) is 4. The lowest BCUT2D eigenvalue weighted by Gasteiger charge is -2.12. The van der Waals surface area contributed by atoms with Crippen LogP contribution in [0.1, 0.15) is 44.1 Å². The van der Waals surface area contributed by atoms with E-state index in [1.54, 1.807) is 36.4 Å². The molecular formula is C22H27NO4S2. The summed E-state index contributed by atoms with van der Waals surface area (Å²) in [5.74, 6) is 0.323. The minimum Gasteiger partial charge on any atom is -0.354 e. The van der Waals surface area contributed by atoms with Gasteiger partial charge in [0.15, 0.2) is 5.44 Å². The number of hydrogen-bond donors (Lipinski definition) is 0. The molecule has 3 atom stereocenters. The van der Waals surface area contributed by atoms with E-state index >= 15 is 0 Å². The summed E-state index contributed by atoms with van der Waals surface area (Å²) in [6, 6.07) is 15.1. The molecule has 156 valence electrons. The first-order valence-electron chi connectivity index (χ1n) is 10.2. The second kappa shape index (κ2) is 8.20. The van der Waals surface area contributed by atoms with E-state index in [1.165, 1.54) is 25.0 Å². The van der Waals surface area contributed by atoms with Gasteiger partial charge in [0, 0.05) is 0 Å². The lowest BCUT2D eigenvalue weighted by Crippen LogP contribution is -2.18. The van der Waals surface area contributed by atoms with E-state index in [4.69, 9.17) is 4.74 Å². The Morgan fingerprint density at radius 1 is 0.828 bits per heavy atom. The van der Waals surface area contributed by atoms with Crippen molar-refractivity contribution in [3.63, 3.8) is 0 Å². The highest BCUT2D eigenvalue weighted by Crippen LogP contribution is 2.43. The lowest BCUT2D eigenvalue weighted by atomic mass is 9.97. The highest BCUT2D eigenvalue weighted by Gasteiger charge is 2.52. The average molecular weight is 434 g/mol. The third-order valence-electron chi connectivity index (χ3n) is 5.77. The molecule has 0 bridgehead atoms. The van der Waals surface area contributed by atoms with Crippen LogP contribution in [0.15, 0.2) is 68.2 Å². The highest BCUT2D eigenvalue weighted by atomic mass is 32.3. The van der Waals surface area contributed by atoms with Crippen LogP contribution in [0.4, 0.5) is 0 Å². The van der Waals surface area contributed by atoms with Crippen molar-refractivity contribution < 1.29 is 17.4 Å². The van der Waals surface area contributed by atoms with Crippen molar-refractivity contribution in [2.24, 2.45) is 9.69 Å². The smallest absolute Gasteiger partial charge is 0.290 e. The van der Waals surface area contributed by atoms with Gasteiger partial charge in [-0.2, -0.15) is 8.42 Å². The van der Waals surface area contributed by atoms with Crippen LogP contribution in [0.5, 0.6) is 0 Å². The topological polar surface area (TPSA) is 76.1 Å². The number of nitrogens with zero attached hydrogens (tertiary/aromatic N) is 1. The van der Waals surface area contributed by atoms with E-state index in [9.17, 15) is 12.6 Å². The molecule has 2 fully saturated rings. The highest BCUT2D eigenvalue weighted by molar-refractivity contribution is 8.03. The van der Waals surface area contributed by atoms with E-state index in [-0.39, 0.29) is 11.0 Å². The molecule has 0 spiro atoms. The van der Waals surface area contributed by atoms with Gasteiger partial charge in [0.25, 0.3) is 10.0 Å². The minimum absolute atomic E-state index is 0.0541. The van der Waals surface area contributed by atoms with Crippen LogP contribution in [0.25, 0.3) is 0 Å². The van der Waals surface area contributed by atoms with Gasteiger partial charge in [-0.3, -0.25) is 0 Å². The first-order valence-corrected chi connectivity index (χ1v) is 13.2. The van der Waals surface area contributed by atoms with Crippen molar-refractivity contribution in [2.45, 2.75) is 66.8 Å². The van der Waals surface area contributed by atoms with Gasteiger partial charge in [-0.25, -0.2) is 4.21 Å². The molecule has 7 heteroatoms. The van der Waals surface area contributed by atoms with Crippen molar-refractivity contribution in [2.75, 3.05) is 0 Å². The molecule has 0 amide bonds. The summed E-state index contributed by atoms with van der Waals surface area (Å²) in [6.07, 6.45) is 6.61. The zero-order valence-corrected chi connectivity index (χ0v) is 18.2. The normalized spacial score (nSPS) is 25.0. The number of aryl methyl sites for hydroxylation is 1. The van der Waals surface area contributed by atoms with Crippen LogP contribution < -0.4 is 0 Å². The van der Waals surface area contributed by atoms with Crippen molar-refractivity contribution in [3.8, 4) is 0 Å². The summed E-state index contributed by atoms with van der Waals surface area (Å²) in [7, 11) is -7.36. The number of ether oxygens (including phenoxy) is 1. The zero-order valence-electron chi connectivity index (χ0n) is 16.6. The second-order valence-corrected chi connectivity index (χ2v) is 12.1. The van der Waals surface area contributed by atoms with Crippen molar-refractivity contribution in [1.29, 1.82) is 0 Å². The fourth-order valence-electron chi connectivity index (χ4n) is 4.07. The number of sulfonamides is 1. The van der Waals surface area contributed by atoms with Crippen LogP contribution >= 0.6 is 0 Å². The van der Waals surface area contributed by atoms with Crippen LogP contribution in [-0.2, 0) is 24.5 Å². The third kappa shape index (κ3) is 4.42. The maximum Gasteiger partial charge on any atom is 0.290 e. The number of epoxide rings is 1. The van der Waals surface area contributed by atoms with Gasteiger partial charge in [0.1, 0.15) is 15.8 Å². The maximum atomic E-state index is 14.1. The third-order valence-corrected chi connectivity index (χ3v) is 10.3. The number of rotatable bonds is 5. The first-order chi connectivity index (χ1) is 13.9. The summed E-state index contributed by atoms with van der Waals surface area (Å²) in [5, 5.41) is 0. The molecule has 0 N–H and O–H groups in total. The van der Waals surface area contributed by atoms with Crippen molar-refractivity contribution in [1.82, 2.24) is 0 Å². The minimum atomic E-state index is -4.08. The molecular weight excluding hydrogens is 406 g/mol. The van der Waals surface area contributed by atoms with Crippen LogP contribution in [0, 0.1) is 12.8 Å². The van der Waals surface area contributed by atoms with Gasteiger partial charge in [-0.05, 0) is 49.9 Å². The standard InChI is InChI=1S/C22H27NO4S2/c1-17-13-15-20(16-14-17)29(25,26)23-28(24,19-11-7-4-8-12-19)22-21(27-22)18-9-5-2-3-6-10-18/h4,7-8,11-16,18,21-22H,2-3,5-6,9-10H2,1H3/t21-,22-,28?/m0/s1. The Morgan fingerprint density at radius 2 is 1.45 bits per heavy atom. The van der Waals surface area contributed by atoms with Gasteiger partial charge in [0.2, 0.25) is 0 Å². The van der Waals surface area contributed by atoms with Crippen molar-refractivity contribution >= 4 is 19.8 Å². The van der Waals surface area contributed by atoms with Crippen molar-refractivity contribution in [3.05, 3.63) is 60.2 Å². The Bertz CT molecular complexity index is 1060. The molecule has 2 aromatic rings. The Labute approximate surface area is 173 Å². The Kier molecular flexibility index (Phi) is 5.82. The summed E-state index contributed by atoms with van der Waals surface area (Å²) < 4.78 is 50.0. The Hall–Kier alpha value is -1.70. The summed E-state index contributed by atoms with van der Waals surface area (Å²) >= 11 is 0. The molecule has 1 heterocycles. The lowest BCUT2D eigenvalue weighted by molar-refractivity contribution is 0.303. The molecule has 1 unspecified atom stereocenters. The largest absolute Gasteiger partial charge is 0.354 e. The SMILES string of the molecule is Cc1ccc(S(=O)(=O)N=S(=O)(c2ccccc2)[C@@H]2O[C@H]2C2CCCCCC2)cc1. The molecule has 1 aliphatic carbocycles. The van der Waals surface area contributed by atoms with E-state index in [0.717, 1.165) is 31.2 Å². The molecule has 1 aliphatic heterocycles. The van der Waals surface area contributed by atoms with Gasteiger partial charge in [0.05, 0.1) is 9.79 Å². The Balaban J connectivity index is 1.74. The predicted molar refractivity (Wildman–Crippen MR) is 113 cm³/mol. The first kappa shape index (κ1) is 20.6. The molecule has 2 aromatic carbocycles. The summed E-state index contributed by atoms with van der Waals surface area (Å²) in [6.45, 7) is 1.88. The van der Waals surface area contributed by atoms with Crippen LogP contribution in [-0.4, -0.2) is 24.2 Å². The predicted octanol–water partition coefficient (Wildman–Crippen LogP) is 4.91. The Morgan fingerprint density at radius 3 is 2.07 bits per heavy atom. The second-order valence-electron chi connectivity index (χ2n) is 7.97. The van der Waals surface area contributed by atoms with E-state index in [0.29, 0.717) is 10.8 Å². The maximum absolute atomic E-state index is 14.1. The summed E-state index contributed by atoms with van der Waals surface area (Å²) in [5.41, 5.74) is 0.278. The number of benzene rings is 2. The molecule has 0 aromatic heterocycles. The fourth-order valence-corrected chi connectivity index (χ4v) is 8.43. The van der Waals surface area contributed by atoms with Crippen LogP contribution in [0.2, 0.25) is 0 Å². The fraction of sp³-hybridized carbons (Fsp3) is 0.455. The van der Waals surface area contributed by atoms with E-state index < -0.39 is 25.2 Å². The molecule has 0 radical (unpaired) electrons. The molecule has 29 heavy (non-hydrogen) atoms. The molecule has 2 aliphatic rings. The quantitative estimate of drug-likeness (QED) is 0.496.